The van der Waals surface area contributed by atoms with Crippen LogP contribution in [0.3, 0.4) is 0 Å². The summed E-state index contributed by atoms with van der Waals surface area (Å²) in [5.41, 5.74) is 0.878. The highest BCUT2D eigenvalue weighted by Gasteiger charge is 2.28. The summed E-state index contributed by atoms with van der Waals surface area (Å²) in [5, 5.41) is 19.0. The van der Waals surface area contributed by atoms with E-state index in [1.165, 1.54) is 0 Å². The van der Waals surface area contributed by atoms with E-state index in [-0.39, 0.29) is 18.4 Å². The van der Waals surface area contributed by atoms with Crippen molar-refractivity contribution in [3.63, 3.8) is 0 Å². The van der Waals surface area contributed by atoms with Gasteiger partial charge in [0.25, 0.3) is 0 Å². The van der Waals surface area contributed by atoms with Crippen LogP contribution in [-0.4, -0.2) is 40.7 Å². The molecule has 2 atom stereocenters. The van der Waals surface area contributed by atoms with E-state index in [2.05, 4.69) is 0 Å². The van der Waals surface area contributed by atoms with Gasteiger partial charge in [-0.2, -0.15) is 0 Å². The zero-order valence-electron chi connectivity index (χ0n) is 10.3. The number of aliphatic hydroxyl groups is 2. The molecule has 1 saturated heterocycles. The van der Waals surface area contributed by atoms with Crippen LogP contribution < -0.4 is 0 Å². The Morgan fingerprint density at radius 2 is 2.06 bits per heavy atom. The Balaban J connectivity index is 1.83. The van der Waals surface area contributed by atoms with E-state index in [0.29, 0.717) is 25.9 Å². The maximum absolute atomic E-state index is 11.6. The molecule has 1 fully saturated rings. The van der Waals surface area contributed by atoms with Crippen molar-refractivity contribution in [3.05, 3.63) is 35.9 Å². The highest BCUT2D eigenvalue weighted by Crippen LogP contribution is 2.21. The monoisotopic (exact) mass is 249 g/mol. The van der Waals surface area contributed by atoms with Crippen molar-refractivity contribution < 1.29 is 15.0 Å². The molecule has 18 heavy (non-hydrogen) atoms. The van der Waals surface area contributed by atoms with Gasteiger partial charge in [0.05, 0.1) is 6.10 Å². The molecule has 1 amide bonds. The van der Waals surface area contributed by atoms with Crippen molar-refractivity contribution in [2.45, 2.75) is 18.9 Å². The minimum Gasteiger partial charge on any atom is -0.396 e. The maximum Gasteiger partial charge on any atom is 0.223 e. The highest BCUT2D eigenvalue weighted by molar-refractivity contribution is 5.78. The molecule has 4 nitrogen and oxygen atoms in total. The molecule has 2 unspecified atom stereocenters. The Labute approximate surface area is 107 Å². The average molecular weight is 249 g/mol. The molecule has 0 spiro atoms. The minimum atomic E-state index is -0.535. The summed E-state index contributed by atoms with van der Waals surface area (Å²) in [5.74, 6) is 0.140. The van der Waals surface area contributed by atoms with E-state index in [9.17, 15) is 9.90 Å². The molecule has 0 radical (unpaired) electrons. The van der Waals surface area contributed by atoms with Crippen LogP contribution in [0.1, 0.15) is 24.5 Å². The summed E-state index contributed by atoms with van der Waals surface area (Å²) in [4.78, 5) is 13.4. The zero-order valence-corrected chi connectivity index (χ0v) is 10.3. The van der Waals surface area contributed by atoms with Crippen LogP contribution in [0, 0.1) is 5.92 Å². The minimum absolute atomic E-state index is 0.0590. The second kappa shape index (κ2) is 5.98. The first-order valence-corrected chi connectivity index (χ1v) is 6.32. The second-order valence-electron chi connectivity index (χ2n) is 4.81. The number of benzene rings is 1. The Hall–Kier alpha value is -1.39. The van der Waals surface area contributed by atoms with Crippen LogP contribution in [0.4, 0.5) is 0 Å². The maximum atomic E-state index is 11.6. The highest BCUT2D eigenvalue weighted by atomic mass is 16.3. The fourth-order valence-electron chi connectivity index (χ4n) is 2.31. The number of carbonyl (C=O) groups excluding carboxylic acids is 1. The van der Waals surface area contributed by atoms with Crippen molar-refractivity contribution in [1.82, 2.24) is 4.90 Å². The van der Waals surface area contributed by atoms with Gasteiger partial charge >= 0.3 is 0 Å². The number of carbonyl (C=O) groups is 1. The predicted octanol–water partition coefficient (Wildman–Crippen LogP) is 0.951. The third kappa shape index (κ3) is 3.09. The Morgan fingerprint density at radius 1 is 1.33 bits per heavy atom. The van der Waals surface area contributed by atoms with Gasteiger partial charge in [0.15, 0.2) is 0 Å². The van der Waals surface area contributed by atoms with Crippen molar-refractivity contribution in [2.24, 2.45) is 5.92 Å². The van der Waals surface area contributed by atoms with E-state index < -0.39 is 6.10 Å². The summed E-state index contributed by atoms with van der Waals surface area (Å²) >= 11 is 0. The largest absolute Gasteiger partial charge is 0.396 e. The van der Waals surface area contributed by atoms with Crippen LogP contribution in [0.25, 0.3) is 0 Å². The van der Waals surface area contributed by atoms with Crippen molar-refractivity contribution in [1.29, 1.82) is 0 Å². The zero-order chi connectivity index (χ0) is 13.0. The number of aliphatic hydroxyl groups excluding tert-OH is 2. The fraction of sp³-hybridized carbons (Fsp3) is 0.500. The van der Waals surface area contributed by atoms with Crippen LogP contribution in [0.5, 0.6) is 0 Å². The number of nitrogens with zero attached hydrogens (tertiary/aromatic N) is 1. The molecule has 0 bridgehead atoms. The molecule has 1 aliphatic rings. The van der Waals surface area contributed by atoms with E-state index in [1.807, 2.05) is 30.3 Å². The lowest BCUT2D eigenvalue weighted by Gasteiger charge is -2.18. The normalized spacial score (nSPS) is 21.3. The summed E-state index contributed by atoms with van der Waals surface area (Å²) < 4.78 is 0. The van der Waals surface area contributed by atoms with Gasteiger partial charge in [-0.3, -0.25) is 4.79 Å². The van der Waals surface area contributed by atoms with Crippen LogP contribution in [-0.2, 0) is 4.79 Å². The molecule has 98 valence electrons. The van der Waals surface area contributed by atoms with Crippen molar-refractivity contribution >= 4 is 5.91 Å². The van der Waals surface area contributed by atoms with Gasteiger partial charge in [0.1, 0.15) is 0 Å². The lowest BCUT2D eigenvalue weighted by Crippen LogP contribution is -2.27. The summed E-state index contributed by atoms with van der Waals surface area (Å²) in [6.07, 6.45) is 0.429. The van der Waals surface area contributed by atoms with Gasteiger partial charge in [-0.15, -0.1) is 0 Å². The smallest absolute Gasteiger partial charge is 0.223 e. The quantitative estimate of drug-likeness (QED) is 0.817. The van der Waals surface area contributed by atoms with Gasteiger partial charge in [-0.25, -0.2) is 0 Å². The third-order valence-electron chi connectivity index (χ3n) is 3.41. The first-order valence-electron chi connectivity index (χ1n) is 6.32. The van der Waals surface area contributed by atoms with Crippen LogP contribution in [0.2, 0.25) is 0 Å². The number of rotatable bonds is 5. The number of hydrogen-bond acceptors (Lipinski definition) is 3. The molecule has 0 aromatic heterocycles. The second-order valence-corrected chi connectivity index (χ2v) is 4.81. The fourth-order valence-corrected chi connectivity index (χ4v) is 2.31. The number of likely N-dealkylation sites (tertiary alicyclic amines) is 1. The molecule has 2 rings (SSSR count). The van der Waals surface area contributed by atoms with Gasteiger partial charge in [0, 0.05) is 32.0 Å². The Morgan fingerprint density at radius 3 is 2.67 bits per heavy atom. The van der Waals surface area contributed by atoms with Gasteiger partial charge in [-0.1, -0.05) is 30.3 Å². The molecular weight excluding hydrogens is 230 g/mol. The van der Waals surface area contributed by atoms with E-state index in [4.69, 9.17) is 5.11 Å². The first kappa shape index (κ1) is 13.1. The molecule has 1 heterocycles. The molecule has 0 aliphatic carbocycles. The van der Waals surface area contributed by atoms with Crippen molar-refractivity contribution in [2.75, 3.05) is 19.7 Å². The average Bonchev–Trinajstić information content (AvgIpc) is 2.77. The summed E-state index contributed by atoms with van der Waals surface area (Å²) in [6.45, 7) is 1.21. The molecule has 1 aliphatic heterocycles. The SMILES string of the molecule is O=C1CC(CO)CN1CCC(O)c1ccccc1. The molecule has 1 aromatic carbocycles. The lowest BCUT2D eigenvalue weighted by atomic mass is 10.1. The van der Waals surface area contributed by atoms with Crippen LogP contribution in [0.15, 0.2) is 30.3 Å². The van der Waals surface area contributed by atoms with Gasteiger partial charge in [-0.05, 0) is 12.0 Å². The number of hydrogen-bond donors (Lipinski definition) is 2. The van der Waals surface area contributed by atoms with Crippen LogP contribution >= 0.6 is 0 Å². The third-order valence-corrected chi connectivity index (χ3v) is 3.41. The Bertz CT molecular complexity index is 393. The van der Waals surface area contributed by atoms with Gasteiger partial charge < -0.3 is 15.1 Å². The predicted molar refractivity (Wildman–Crippen MR) is 67.8 cm³/mol. The molecule has 0 saturated carbocycles. The van der Waals surface area contributed by atoms with Crippen molar-refractivity contribution in [3.8, 4) is 0 Å². The lowest BCUT2D eigenvalue weighted by molar-refractivity contribution is -0.128. The van der Waals surface area contributed by atoms with Gasteiger partial charge in [0.2, 0.25) is 5.91 Å². The first-order chi connectivity index (χ1) is 8.70. The standard InChI is InChI=1S/C14H19NO3/c16-10-11-8-14(18)15(9-11)7-6-13(17)12-4-2-1-3-5-12/h1-5,11,13,16-17H,6-10H2. The van der Waals surface area contributed by atoms with E-state index in [0.717, 1.165) is 5.56 Å². The van der Waals surface area contributed by atoms with E-state index in [1.54, 1.807) is 4.90 Å². The molecule has 4 heteroatoms. The Kier molecular flexibility index (Phi) is 4.33. The topological polar surface area (TPSA) is 60.8 Å². The molecule has 1 aromatic rings. The summed E-state index contributed by atoms with van der Waals surface area (Å²) in [6, 6.07) is 9.45. The summed E-state index contributed by atoms with van der Waals surface area (Å²) in [7, 11) is 0. The molecular formula is C14H19NO3. The molecule has 2 N–H and O–H groups in total. The number of amides is 1. The van der Waals surface area contributed by atoms with E-state index >= 15 is 0 Å².